The fourth-order valence-electron chi connectivity index (χ4n) is 8.81. The van der Waals surface area contributed by atoms with Crippen LogP contribution in [0.5, 0.6) is 0 Å². The third-order valence-electron chi connectivity index (χ3n) is 11.7. The molecule has 4 rings (SSSR count). The minimum absolute atomic E-state index is 0.0330. The molecule has 15 heteroatoms. The molecule has 0 unspecified atom stereocenters. The molecule has 1 aromatic rings. The zero-order valence-corrected chi connectivity index (χ0v) is 34.9. The Morgan fingerprint density at radius 1 is 1.04 bits per heavy atom. The van der Waals surface area contributed by atoms with Gasteiger partial charge >= 0.3 is 24.0 Å². The number of carbonyl (C=O) groups is 5. The molecule has 1 saturated carbocycles. The third kappa shape index (κ3) is 9.38. The Balaban J connectivity index is 1.89. The lowest BCUT2D eigenvalue weighted by Crippen LogP contribution is -2.76. The smallest absolute Gasteiger partial charge is 0.407 e. The zero-order chi connectivity index (χ0) is 43.0. The Morgan fingerprint density at radius 3 is 2.16 bits per heavy atom. The summed E-state index contributed by atoms with van der Waals surface area (Å²) in [6.07, 6.45) is -9.97. The molecule has 1 aromatic carbocycles. The average molecular weight is 804 g/mol. The number of ketones is 1. The summed E-state index contributed by atoms with van der Waals surface area (Å²) in [7, 11) is 0. The Bertz CT molecular complexity index is 1700. The highest BCUT2D eigenvalue weighted by atomic mass is 16.6. The number of Topliss-reactive ketones (excluding diaryl/α,β-unsaturated/α-hetero) is 1. The van der Waals surface area contributed by atoms with Crippen LogP contribution >= 0.6 is 0 Å². The van der Waals surface area contributed by atoms with Gasteiger partial charge in [0.05, 0.1) is 24.3 Å². The van der Waals surface area contributed by atoms with Crippen molar-refractivity contribution in [3.63, 3.8) is 0 Å². The van der Waals surface area contributed by atoms with Crippen LogP contribution in [0.1, 0.15) is 106 Å². The van der Waals surface area contributed by atoms with Crippen LogP contribution in [-0.2, 0) is 38.1 Å². The van der Waals surface area contributed by atoms with Gasteiger partial charge in [0.15, 0.2) is 17.5 Å². The summed E-state index contributed by atoms with van der Waals surface area (Å²) in [5, 5.41) is 50.4. The molecule has 11 atom stereocenters. The van der Waals surface area contributed by atoms with Gasteiger partial charge in [-0.3, -0.25) is 9.59 Å². The highest BCUT2D eigenvalue weighted by molar-refractivity contribution is 5.89. The van der Waals surface area contributed by atoms with Gasteiger partial charge in [0.2, 0.25) is 0 Å². The van der Waals surface area contributed by atoms with E-state index in [-0.39, 0.29) is 42.1 Å². The lowest BCUT2D eigenvalue weighted by molar-refractivity contribution is -0.332. The molecule has 15 nitrogen and oxygen atoms in total. The van der Waals surface area contributed by atoms with Crippen molar-refractivity contribution < 1.29 is 68.1 Å². The maximum absolute atomic E-state index is 14.1. The minimum Gasteiger partial charge on any atom is -0.456 e. The van der Waals surface area contributed by atoms with Gasteiger partial charge in [-0.2, -0.15) is 0 Å². The number of alkyl carbamates (subject to hydrolysis) is 1. The summed E-state index contributed by atoms with van der Waals surface area (Å²) in [5.41, 5.74) is -6.10. The molecule has 0 bridgehead atoms. The van der Waals surface area contributed by atoms with Crippen molar-refractivity contribution in [3.8, 4) is 0 Å². The summed E-state index contributed by atoms with van der Waals surface area (Å²) < 4.78 is 29.5. The van der Waals surface area contributed by atoms with Gasteiger partial charge in [0.25, 0.3) is 0 Å². The van der Waals surface area contributed by atoms with Gasteiger partial charge < -0.3 is 49.4 Å². The van der Waals surface area contributed by atoms with Gasteiger partial charge in [-0.1, -0.05) is 52.8 Å². The fourth-order valence-corrected chi connectivity index (χ4v) is 8.81. The molecule has 0 aromatic heterocycles. The van der Waals surface area contributed by atoms with E-state index in [0.717, 1.165) is 6.92 Å². The number of rotatable bonds is 13. The number of nitrogens with one attached hydrogen (secondary N) is 1. The number of benzene rings is 1. The van der Waals surface area contributed by atoms with Crippen LogP contribution in [0.15, 0.2) is 41.5 Å². The normalized spacial score (nSPS) is 30.4. The molecule has 1 heterocycles. The van der Waals surface area contributed by atoms with Crippen LogP contribution in [0.3, 0.4) is 0 Å². The number of amides is 1. The zero-order valence-electron chi connectivity index (χ0n) is 34.9. The summed E-state index contributed by atoms with van der Waals surface area (Å²) in [5.74, 6) is -5.50. The SMILES string of the molecule is CC(=O)O[C@@]12CO[C@@H]1C[C@H](O)[C@H](C)[C@@H]2[C@H](OC(=O)c1ccccc1)[C@]1(O)C[C@H](OC(=O)[C@H](O)[C@H](CC(C)C)NC(=O)OC(C)(C)C)C(C)=C([C@@H](O)C(C)=O)C1(C)C. The molecule has 57 heavy (non-hydrogen) atoms. The van der Waals surface area contributed by atoms with Crippen molar-refractivity contribution in [3.05, 3.63) is 47.0 Å². The second kappa shape index (κ2) is 17.1. The summed E-state index contributed by atoms with van der Waals surface area (Å²) in [4.78, 5) is 66.5. The summed E-state index contributed by atoms with van der Waals surface area (Å²) in [6.45, 7) is 17.1. The number of ether oxygens (including phenoxy) is 5. The molecule has 1 amide bonds. The number of carbonyl (C=O) groups excluding carboxylic acids is 5. The molecule has 0 radical (unpaired) electrons. The Kier molecular flexibility index (Phi) is 13.8. The first kappa shape index (κ1) is 45.8. The third-order valence-corrected chi connectivity index (χ3v) is 11.7. The maximum atomic E-state index is 14.1. The lowest BCUT2D eigenvalue weighted by Gasteiger charge is -2.63. The molecule has 318 valence electrons. The van der Waals surface area contributed by atoms with Gasteiger partial charge in [-0.25, -0.2) is 14.4 Å². The van der Waals surface area contributed by atoms with Crippen LogP contribution in [0.2, 0.25) is 0 Å². The van der Waals surface area contributed by atoms with Gasteiger partial charge in [0, 0.05) is 31.1 Å². The second-order valence-corrected chi connectivity index (χ2v) is 17.8. The fraction of sp³-hybridized carbons (Fsp3) is 0.690. The van der Waals surface area contributed by atoms with E-state index in [4.69, 9.17) is 23.7 Å². The first-order chi connectivity index (χ1) is 26.3. The van der Waals surface area contributed by atoms with Gasteiger partial charge in [-0.05, 0) is 76.2 Å². The van der Waals surface area contributed by atoms with Crippen LogP contribution in [0.4, 0.5) is 4.79 Å². The van der Waals surface area contributed by atoms with E-state index >= 15 is 0 Å². The van der Waals surface area contributed by atoms with Crippen molar-refractivity contribution in [2.24, 2.45) is 23.2 Å². The van der Waals surface area contributed by atoms with E-state index in [2.05, 4.69) is 5.32 Å². The number of hydrogen-bond donors (Lipinski definition) is 5. The van der Waals surface area contributed by atoms with Crippen molar-refractivity contribution >= 4 is 29.8 Å². The van der Waals surface area contributed by atoms with Crippen LogP contribution in [0, 0.1) is 23.2 Å². The quantitative estimate of drug-likeness (QED) is 0.109. The van der Waals surface area contributed by atoms with Crippen molar-refractivity contribution in [1.82, 2.24) is 5.32 Å². The Labute approximate surface area is 334 Å². The van der Waals surface area contributed by atoms with Crippen LogP contribution < -0.4 is 5.32 Å². The number of esters is 3. The molecule has 1 saturated heterocycles. The first-order valence-corrected chi connectivity index (χ1v) is 19.5. The van der Waals surface area contributed by atoms with Crippen LogP contribution in [-0.4, -0.2) is 116 Å². The Morgan fingerprint density at radius 2 is 1.65 bits per heavy atom. The second-order valence-electron chi connectivity index (χ2n) is 17.8. The van der Waals surface area contributed by atoms with Gasteiger partial charge in [0.1, 0.15) is 35.6 Å². The molecule has 3 aliphatic rings. The van der Waals surface area contributed by atoms with E-state index in [1.54, 1.807) is 59.7 Å². The maximum Gasteiger partial charge on any atom is 0.407 e. The van der Waals surface area contributed by atoms with E-state index < -0.39 is 113 Å². The molecular weight excluding hydrogens is 742 g/mol. The molecule has 2 fully saturated rings. The largest absolute Gasteiger partial charge is 0.456 e. The lowest BCUT2D eigenvalue weighted by atomic mass is 9.52. The van der Waals surface area contributed by atoms with E-state index in [1.807, 2.05) is 13.8 Å². The van der Waals surface area contributed by atoms with E-state index in [0.29, 0.717) is 0 Å². The molecule has 5 N–H and O–H groups in total. The highest BCUT2D eigenvalue weighted by Crippen LogP contribution is 2.58. The monoisotopic (exact) mass is 803 g/mol. The highest BCUT2D eigenvalue weighted by Gasteiger charge is 2.71. The van der Waals surface area contributed by atoms with E-state index in [1.165, 1.54) is 26.0 Å². The standard InChI is InChI=1S/C42H61NO14/c1-21(2)17-27(43-38(51)57-39(7,8)9)34(48)37(50)54-29-19-42(52,40(10,11)31(23(29)4)33(47)24(5)44)35(55-36(49)26-15-13-12-14-16-26)32-22(3)28(46)18-30-41(32,20-53-30)56-25(6)45/h12-16,21-22,27-30,32-35,46-48,52H,17-20H2,1-11H3,(H,43,51)/t22-,27-,28-,29-,30+,32+,33-,34+,35-,41-,42+/m0/s1. The number of fused-ring (bicyclic) bond motifs is 1. The minimum atomic E-state index is -2.35. The Hall–Kier alpha value is -3.89. The predicted molar refractivity (Wildman–Crippen MR) is 204 cm³/mol. The van der Waals surface area contributed by atoms with E-state index in [9.17, 15) is 44.4 Å². The summed E-state index contributed by atoms with van der Waals surface area (Å²) >= 11 is 0. The van der Waals surface area contributed by atoms with Crippen molar-refractivity contribution in [2.45, 2.75) is 155 Å². The number of aliphatic hydroxyl groups excluding tert-OH is 3. The van der Waals surface area contributed by atoms with Crippen LogP contribution in [0.25, 0.3) is 0 Å². The topological polar surface area (TPSA) is 224 Å². The predicted octanol–water partition coefficient (Wildman–Crippen LogP) is 3.57. The number of aliphatic hydroxyl groups is 4. The molecule has 1 aliphatic heterocycles. The molecule has 2 aliphatic carbocycles. The molecular formula is C42H61NO14. The summed E-state index contributed by atoms with van der Waals surface area (Å²) in [6, 6.07) is 6.78. The average Bonchev–Trinajstić information content (AvgIpc) is 3.09. The van der Waals surface area contributed by atoms with Crippen molar-refractivity contribution in [2.75, 3.05) is 6.61 Å². The van der Waals surface area contributed by atoms with Gasteiger partial charge in [-0.15, -0.1) is 0 Å². The number of hydrogen-bond acceptors (Lipinski definition) is 14. The molecule has 0 spiro atoms. The van der Waals surface area contributed by atoms with Crippen molar-refractivity contribution in [1.29, 1.82) is 0 Å². The first-order valence-electron chi connectivity index (χ1n) is 19.5.